The van der Waals surface area contributed by atoms with E-state index in [9.17, 15) is 9.18 Å². The van der Waals surface area contributed by atoms with Crippen LogP contribution in [0.5, 0.6) is 0 Å². The maximum Gasteiger partial charge on any atom is 0.224 e. The van der Waals surface area contributed by atoms with Gasteiger partial charge in [0.15, 0.2) is 5.82 Å². The van der Waals surface area contributed by atoms with Gasteiger partial charge in [0, 0.05) is 12.0 Å². The molecule has 2 aromatic carbocycles. The normalized spacial score (nSPS) is 10.9. The lowest BCUT2D eigenvalue weighted by molar-refractivity contribution is -0.116. The van der Waals surface area contributed by atoms with Crippen molar-refractivity contribution >= 4 is 11.6 Å². The Morgan fingerprint density at radius 3 is 2.70 bits per heavy atom. The molecule has 30 heavy (non-hydrogen) atoms. The highest BCUT2D eigenvalue weighted by atomic mass is 19.1. The van der Waals surface area contributed by atoms with Gasteiger partial charge in [-0.2, -0.15) is 9.48 Å². The van der Waals surface area contributed by atoms with Crippen LogP contribution in [0.2, 0.25) is 0 Å². The molecule has 2 heterocycles. The van der Waals surface area contributed by atoms with E-state index in [1.165, 1.54) is 27.7 Å². The standard InChI is InChI=1S/C19H18FN9O/c1-13-22-25-27-29(13)15-9-10-16(20)17(12-15)21-18(30)8-5-11-28-24-19(23-26-28)14-6-3-2-4-7-14/h2-4,6-7,9-10,12H,5,8,11H2,1H3,(H,21,30). The van der Waals surface area contributed by atoms with Crippen LogP contribution in [0, 0.1) is 12.7 Å². The molecule has 0 bridgehead atoms. The number of carbonyl (C=O) groups is 1. The molecule has 1 amide bonds. The molecule has 0 fully saturated rings. The number of halogens is 1. The van der Waals surface area contributed by atoms with Gasteiger partial charge in [0.05, 0.1) is 17.9 Å². The maximum atomic E-state index is 14.1. The molecular weight excluding hydrogens is 389 g/mol. The van der Waals surface area contributed by atoms with Crippen LogP contribution < -0.4 is 5.32 Å². The Hall–Kier alpha value is -4.02. The van der Waals surface area contributed by atoms with E-state index in [1.54, 1.807) is 6.92 Å². The highest BCUT2D eigenvalue weighted by Gasteiger charge is 2.12. The molecule has 1 N–H and O–H groups in total. The summed E-state index contributed by atoms with van der Waals surface area (Å²) in [5, 5.41) is 26.1. The number of nitrogens with one attached hydrogen (secondary N) is 1. The van der Waals surface area contributed by atoms with Crippen LogP contribution in [0.3, 0.4) is 0 Å². The first-order valence-electron chi connectivity index (χ1n) is 9.28. The summed E-state index contributed by atoms with van der Waals surface area (Å²) in [7, 11) is 0. The van der Waals surface area contributed by atoms with E-state index in [1.807, 2.05) is 30.3 Å². The van der Waals surface area contributed by atoms with Gasteiger partial charge in [0.2, 0.25) is 11.7 Å². The summed E-state index contributed by atoms with van der Waals surface area (Å²) >= 11 is 0. The zero-order valence-electron chi connectivity index (χ0n) is 16.1. The fraction of sp³-hybridized carbons (Fsp3) is 0.211. The van der Waals surface area contributed by atoms with Gasteiger partial charge >= 0.3 is 0 Å². The van der Waals surface area contributed by atoms with Crippen LogP contribution in [0.1, 0.15) is 18.7 Å². The van der Waals surface area contributed by atoms with E-state index < -0.39 is 5.82 Å². The van der Waals surface area contributed by atoms with Crippen molar-refractivity contribution in [3.05, 3.63) is 60.2 Å². The molecule has 0 unspecified atom stereocenters. The number of benzene rings is 2. The molecule has 0 aliphatic rings. The molecule has 0 aliphatic heterocycles. The number of hydrogen-bond donors (Lipinski definition) is 1. The van der Waals surface area contributed by atoms with E-state index in [0.29, 0.717) is 30.3 Å². The van der Waals surface area contributed by atoms with Crippen molar-refractivity contribution in [2.75, 3.05) is 5.32 Å². The average Bonchev–Trinajstić information content (AvgIpc) is 3.39. The maximum absolute atomic E-state index is 14.1. The van der Waals surface area contributed by atoms with Gasteiger partial charge in [-0.25, -0.2) is 4.39 Å². The van der Waals surface area contributed by atoms with Crippen LogP contribution in [0.25, 0.3) is 17.1 Å². The van der Waals surface area contributed by atoms with Crippen LogP contribution in [0.15, 0.2) is 48.5 Å². The molecule has 0 atom stereocenters. The molecule has 152 valence electrons. The number of carbonyl (C=O) groups excluding carboxylic acids is 1. The van der Waals surface area contributed by atoms with Gasteiger partial charge in [0.25, 0.3) is 0 Å². The first kappa shape index (κ1) is 19.3. The topological polar surface area (TPSA) is 116 Å². The van der Waals surface area contributed by atoms with Gasteiger partial charge in [-0.15, -0.1) is 15.3 Å². The quantitative estimate of drug-likeness (QED) is 0.499. The summed E-state index contributed by atoms with van der Waals surface area (Å²) in [6.45, 7) is 2.14. The molecule has 4 aromatic rings. The second-order valence-electron chi connectivity index (χ2n) is 6.53. The van der Waals surface area contributed by atoms with Gasteiger partial charge in [-0.1, -0.05) is 30.3 Å². The largest absolute Gasteiger partial charge is 0.324 e. The first-order chi connectivity index (χ1) is 14.6. The number of aromatic nitrogens is 8. The lowest BCUT2D eigenvalue weighted by Gasteiger charge is -2.09. The van der Waals surface area contributed by atoms with E-state index in [-0.39, 0.29) is 18.0 Å². The fourth-order valence-electron chi connectivity index (χ4n) is 2.85. The van der Waals surface area contributed by atoms with Crippen LogP contribution in [-0.4, -0.2) is 46.3 Å². The minimum Gasteiger partial charge on any atom is -0.324 e. The second kappa shape index (κ2) is 8.55. The lowest BCUT2D eigenvalue weighted by Crippen LogP contribution is -2.14. The van der Waals surface area contributed by atoms with E-state index in [4.69, 9.17) is 0 Å². The Bertz CT molecular complexity index is 1160. The summed E-state index contributed by atoms with van der Waals surface area (Å²) in [4.78, 5) is 13.7. The number of aryl methyl sites for hydroxylation is 2. The van der Waals surface area contributed by atoms with Crippen molar-refractivity contribution < 1.29 is 9.18 Å². The third kappa shape index (κ3) is 4.35. The van der Waals surface area contributed by atoms with Crippen molar-refractivity contribution in [2.24, 2.45) is 0 Å². The highest BCUT2D eigenvalue weighted by Crippen LogP contribution is 2.19. The smallest absolute Gasteiger partial charge is 0.224 e. The van der Waals surface area contributed by atoms with Crippen molar-refractivity contribution in [1.82, 2.24) is 40.4 Å². The Labute approximate surface area is 170 Å². The number of rotatable bonds is 7. The van der Waals surface area contributed by atoms with Crippen molar-refractivity contribution in [3.63, 3.8) is 0 Å². The number of nitrogens with zero attached hydrogens (tertiary/aromatic N) is 8. The predicted octanol–water partition coefficient (Wildman–Crippen LogP) is 2.18. The summed E-state index contributed by atoms with van der Waals surface area (Å²) in [5.74, 6) is 0.220. The van der Waals surface area contributed by atoms with E-state index >= 15 is 0 Å². The first-order valence-corrected chi connectivity index (χ1v) is 9.28. The second-order valence-corrected chi connectivity index (χ2v) is 6.53. The molecule has 0 spiro atoms. The van der Waals surface area contributed by atoms with Crippen LogP contribution in [-0.2, 0) is 11.3 Å². The molecule has 11 heteroatoms. The minimum absolute atomic E-state index is 0.0673. The number of tetrazole rings is 2. The SMILES string of the molecule is Cc1nnnn1-c1ccc(F)c(NC(=O)CCCn2nnc(-c3ccccc3)n2)c1. The van der Waals surface area contributed by atoms with Crippen molar-refractivity contribution in [1.29, 1.82) is 0 Å². The molecule has 0 saturated heterocycles. The Kier molecular flexibility index (Phi) is 5.50. The highest BCUT2D eigenvalue weighted by molar-refractivity contribution is 5.91. The molecule has 10 nitrogen and oxygen atoms in total. The molecule has 0 aliphatic carbocycles. The molecule has 0 radical (unpaired) electrons. The summed E-state index contributed by atoms with van der Waals surface area (Å²) in [6, 6.07) is 13.8. The van der Waals surface area contributed by atoms with Gasteiger partial charge in [-0.05, 0) is 47.2 Å². The number of anilines is 1. The number of amides is 1. The molecule has 4 rings (SSSR count). The minimum atomic E-state index is -0.539. The monoisotopic (exact) mass is 407 g/mol. The zero-order chi connectivity index (χ0) is 20.9. The van der Waals surface area contributed by atoms with Gasteiger partial charge < -0.3 is 5.32 Å². The lowest BCUT2D eigenvalue weighted by atomic mass is 10.2. The summed E-state index contributed by atoms with van der Waals surface area (Å²) in [5.41, 5.74) is 1.49. The molecule has 2 aromatic heterocycles. The predicted molar refractivity (Wildman–Crippen MR) is 105 cm³/mol. The van der Waals surface area contributed by atoms with Gasteiger partial charge in [-0.3, -0.25) is 4.79 Å². The average molecular weight is 407 g/mol. The van der Waals surface area contributed by atoms with Crippen LogP contribution >= 0.6 is 0 Å². The van der Waals surface area contributed by atoms with Crippen molar-refractivity contribution in [2.45, 2.75) is 26.3 Å². The Morgan fingerprint density at radius 1 is 1.10 bits per heavy atom. The Balaban J connectivity index is 1.33. The third-order valence-corrected chi connectivity index (χ3v) is 4.34. The van der Waals surface area contributed by atoms with Crippen LogP contribution in [0.4, 0.5) is 10.1 Å². The number of hydrogen-bond acceptors (Lipinski definition) is 7. The summed E-state index contributed by atoms with van der Waals surface area (Å²) in [6.07, 6.45) is 0.652. The fourth-order valence-corrected chi connectivity index (χ4v) is 2.85. The molecule has 0 saturated carbocycles. The Morgan fingerprint density at radius 2 is 1.93 bits per heavy atom. The zero-order valence-corrected chi connectivity index (χ0v) is 16.1. The summed E-state index contributed by atoms with van der Waals surface area (Å²) < 4.78 is 15.6. The van der Waals surface area contributed by atoms with Crippen molar-refractivity contribution in [3.8, 4) is 17.1 Å². The van der Waals surface area contributed by atoms with E-state index in [2.05, 4.69) is 36.3 Å². The van der Waals surface area contributed by atoms with E-state index in [0.717, 1.165) is 5.56 Å². The third-order valence-electron chi connectivity index (χ3n) is 4.34. The van der Waals surface area contributed by atoms with Gasteiger partial charge in [0.1, 0.15) is 5.82 Å². The molecular formula is C19H18FN9O.